The number of likely N-dealkylation sites (tertiary alicyclic amines) is 2. The fourth-order valence-electron chi connectivity index (χ4n) is 9.56. The number of carbonyl (C=O) groups is 4. The van der Waals surface area contributed by atoms with Crippen LogP contribution in [-0.4, -0.2) is 78.0 Å². The third kappa shape index (κ3) is 5.22. The number of aldehydes is 1. The van der Waals surface area contributed by atoms with E-state index in [0.29, 0.717) is 43.8 Å². The van der Waals surface area contributed by atoms with E-state index in [-0.39, 0.29) is 23.6 Å². The summed E-state index contributed by atoms with van der Waals surface area (Å²) in [5, 5.41) is 9.72. The van der Waals surface area contributed by atoms with Crippen LogP contribution in [0.3, 0.4) is 0 Å². The van der Waals surface area contributed by atoms with Gasteiger partial charge in [-0.25, -0.2) is 0 Å². The van der Waals surface area contributed by atoms with E-state index in [2.05, 4.69) is 48.0 Å². The normalized spacial score (nSPS) is 23.6. The molecule has 0 spiro atoms. The number of rotatable bonds is 13. The summed E-state index contributed by atoms with van der Waals surface area (Å²) in [4.78, 5) is 61.9. The fourth-order valence-corrected chi connectivity index (χ4v) is 9.56. The zero-order chi connectivity index (χ0) is 34.7. The van der Waals surface area contributed by atoms with Gasteiger partial charge in [-0.1, -0.05) is 58.6 Å². The van der Waals surface area contributed by atoms with Crippen molar-refractivity contribution in [3.63, 3.8) is 0 Å². The minimum atomic E-state index is -0.394. The molecule has 50 heavy (non-hydrogen) atoms. The molecule has 2 aromatic rings. The van der Waals surface area contributed by atoms with E-state index < -0.39 is 11.8 Å². The first-order valence-corrected chi connectivity index (χ1v) is 19.5. The number of nitrogens with zero attached hydrogens (tertiary/aromatic N) is 3. The summed E-state index contributed by atoms with van der Waals surface area (Å²) in [6, 6.07) is 4.11. The van der Waals surface area contributed by atoms with E-state index in [1.54, 1.807) is 4.90 Å². The Balaban J connectivity index is 1.38. The summed E-state index contributed by atoms with van der Waals surface area (Å²) >= 11 is 0. The summed E-state index contributed by atoms with van der Waals surface area (Å²) < 4.78 is 0. The van der Waals surface area contributed by atoms with Crippen molar-refractivity contribution in [2.24, 2.45) is 17.8 Å². The molecule has 3 unspecified atom stereocenters. The standard InChI is InChI=1S/C42H52N4O4/c1-4-5-16-43-40(48)29-14-12-27-37-33(45-19-10-20-45)23-31-35-30(41(49)46(42(31)50)21-8-6-7-11-25(2)3)15-13-28(39(35)37)36-32(44-17-9-18-44)22-26(24-47)34(29)38(27)36/h12-13,15,24-26,29,31H,4-11,14,16-23H2,1-3H3,(H,43,48). The lowest BCUT2D eigenvalue weighted by molar-refractivity contribution is -0.131. The predicted molar refractivity (Wildman–Crippen MR) is 196 cm³/mol. The van der Waals surface area contributed by atoms with Crippen molar-refractivity contribution in [1.29, 1.82) is 0 Å². The maximum atomic E-state index is 14.5. The van der Waals surface area contributed by atoms with Crippen molar-refractivity contribution < 1.29 is 19.2 Å². The second-order valence-corrected chi connectivity index (χ2v) is 15.9. The van der Waals surface area contributed by atoms with Gasteiger partial charge < -0.3 is 19.9 Å². The summed E-state index contributed by atoms with van der Waals surface area (Å²) in [7, 11) is 0. The molecule has 0 saturated carbocycles. The highest BCUT2D eigenvalue weighted by Gasteiger charge is 2.44. The van der Waals surface area contributed by atoms with Crippen LogP contribution in [0.4, 0.5) is 0 Å². The number of unbranched alkanes of at least 4 members (excludes halogenated alkanes) is 3. The van der Waals surface area contributed by atoms with Gasteiger partial charge in [0.15, 0.2) is 0 Å². The molecule has 264 valence electrons. The van der Waals surface area contributed by atoms with Gasteiger partial charge >= 0.3 is 0 Å². The van der Waals surface area contributed by atoms with Gasteiger partial charge in [-0.2, -0.15) is 0 Å². The number of carbonyl (C=O) groups excluding carboxylic acids is 4. The Bertz CT molecular complexity index is 2040. The zero-order valence-electron chi connectivity index (χ0n) is 30.1. The molecule has 0 aromatic heterocycles. The van der Waals surface area contributed by atoms with Crippen LogP contribution in [0, 0.1) is 17.8 Å². The van der Waals surface area contributed by atoms with Gasteiger partial charge in [-0.15, -0.1) is 0 Å². The number of benzene rings is 2. The van der Waals surface area contributed by atoms with Crippen molar-refractivity contribution in [1.82, 2.24) is 20.0 Å². The van der Waals surface area contributed by atoms with E-state index in [1.807, 2.05) is 6.07 Å². The van der Waals surface area contributed by atoms with Gasteiger partial charge in [-0.05, 0) is 76.4 Å². The van der Waals surface area contributed by atoms with E-state index >= 15 is 0 Å². The van der Waals surface area contributed by atoms with Crippen LogP contribution in [0.25, 0.3) is 33.8 Å². The van der Waals surface area contributed by atoms with E-state index in [0.717, 1.165) is 127 Å². The smallest absolute Gasteiger partial charge is 0.260 e. The van der Waals surface area contributed by atoms with Crippen LogP contribution in [0.5, 0.6) is 0 Å². The number of hydrogen-bond donors (Lipinski definition) is 1. The van der Waals surface area contributed by atoms with Crippen molar-refractivity contribution >= 4 is 57.8 Å². The third-order valence-corrected chi connectivity index (χ3v) is 12.4. The Morgan fingerprint density at radius 1 is 0.940 bits per heavy atom. The number of imide groups is 1. The molecule has 6 aliphatic rings. The Kier molecular flexibility index (Phi) is 8.84. The van der Waals surface area contributed by atoms with Crippen molar-refractivity contribution in [2.45, 2.75) is 97.3 Å². The van der Waals surface area contributed by atoms with Crippen LogP contribution in [-0.2, 0) is 14.4 Å². The van der Waals surface area contributed by atoms with Crippen molar-refractivity contribution in [3.05, 3.63) is 44.1 Å². The maximum Gasteiger partial charge on any atom is 0.260 e. The highest BCUT2D eigenvalue weighted by molar-refractivity contribution is 6.16. The molecule has 2 fully saturated rings. The largest absolute Gasteiger partial charge is 0.374 e. The minimum absolute atomic E-state index is 0.00670. The van der Waals surface area contributed by atoms with E-state index in [9.17, 15) is 19.2 Å². The molecule has 3 aliphatic heterocycles. The topological polar surface area (TPSA) is 90.0 Å². The van der Waals surface area contributed by atoms with Gasteiger partial charge in [0.05, 0.1) is 11.8 Å². The summed E-state index contributed by atoms with van der Waals surface area (Å²) in [5.74, 6) is -0.707. The fraction of sp³-hybridized carbons (Fsp3) is 0.571. The molecule has 0 radical (unpaired) electrons. The van der Waals surface area contributed by atoms with Crippen molar-refractivity contribution in [2.75, 3.05) is 39.3 Å². The highest BCUT2D eigenvalue weighted by atomic mass is 16.2. The van der Waals surface area contributed by atoms with Crippen LogP contribution in [0.15, 0.2) is 12.1 Å². The first kappa shape index (κ1) is 33.2. The number of amides is 3. The summed E-state index contributed by atoms with van der Waals surface area (Å²) in [6.07, 6.45) is 13.3. The molecule has 0 bridgehead atoms. The molecule has 2 saturated heterocycles. The quantitative estimate of drug-likeness (QED) is 0.199. The lowest BCUT2D eigenvalue weighted by Crippen LogP contribution is -2.61. The first-order chi connectivity index (χ1) is 24.3. The van der Waals surface area contributed by atoms with E-state index in [1.165, 1.54) is 11.4 Å². The SMILES string of the molecule is CCCCNC(=O)C1CC=c2c3c(c4ccc5c6c4c2=C(N2CCC2)CC6C(=O)N(CCCCCC(C)C)C5=O)=C(N2CCC2)CC(C=O)C=31. The Hall–Kier alpha value is -3.94. The third-order valence-electron chi connectivity index (χ3n) is 12.4. The molecular formula is C42H52N4O4. The number of fused-ring (bicyclic) bond motifs is 2. The summed E-state index contributed by atoms with van der Waals surface area (Å²) in [5.41, 5.74) is 4.89. The van der Waals surface area contributed by atoms with E-state index in [4.69, 9.17) is 0 Å². The second kappa shape index (κ2) is 13.3. The zero-order valence-corrected chi connectivity index (χ0v) is 30.1. The predicted octanol–water partition coefficient (Wildman–Crippen LogP) is 3.24. The second-order valence-electron chi connectivity index (χ2n) is 15.9. The Morgan fingerprint density at radius 2 is 1.68 bits per heavy atom. The maximum absolute atomic E-state index is 14.5. The highest BCUT2D eigenvalue weighted by Crippen LogP contribution is 2.42. The lowest BCUT2D eigenvalue weighted by atomic mass is 9.71. The molecule has 8 heteroatoms. The minimum Gasteiger partial charge on any atom is -0.374 e. The van der Waals surface area contributed by atoms with Gasteiger partial charge in [0, 0.05) is 85.4 Å². The molecule has 2 aromatic carbocycles. The lowest BCUT2D eigenvalue weighted by Gasteiger charge is -2.43. The molecule has 3 aliphatic carbocycles. The first-order valence-electron chi connectivity index (χ1n) is 19.5. The number of hydrogen-bond acceptors (Lipinski definition) is 6. The molecule has 1 N–H and O–H groups in total. The summed E-state index contributed by atoms with van der Waals surface area (Å²) in [6.45, 7) is 11.5. The molecule has 3 heterocycles. The molecular weight excluding hydrogens is 624 g/mol. The monoisotopic (exact) mass is 676 g/mol. The van der Waals surface area contributed by atoms with Gasteiger partial charge in [0.2, 0.25) is 11.8 Å². The molecule has 8 nitrogen and oxygen atoms in total. The Morgan fingerprint density at radius 3 is 2.34 bits per heavy atom. The van der Waals surface area contributed by atoms with Crippen LogP contribution >= 0.6 is 0 Å². The number of nitrogens with one attached hydrogen (secondary N) is 1. The van der Waals surface area contributed by atoms with Gasteiger partial charge in [-0.3, -0.25) is 19.3 Å². The molecule has 3 atom stereocenters. The average Bonchev–Trinajstić information content (AvgIpc) is 3.06. The van der Waals surface area contributed by atoms with Crippen LogP contribution < -0.4 is 26.2 Å². The Labute approximate surface area is 294 Å². The molecule has 8 rings (SSSR count). The van der Waals surface area contributed by atoms with Gasteiger partial charge in [0.25, 0.3) is 5.91 Å². The molecule has 3 amide bonds. The van der Waals surface area contributed by atoms with Crippen molar-refractivity contribution in [3.8, 4) is 0 Å². The van der Waals surface area contributed by atoms with Gasteiger partial charge in [0.1, 0.15) is 6.29 Å². The average molecular weight is 677 g/mol. The van der Waals surface area contributed by atoms with Crippen LogP contribution in [0.1, 0.15) is 113 Å². The van der Waals surface area contributed by atoms with Crippen LogP contribution in [0.2, 0.25) is 0 Å².